The Labute approximate surface area is 205 Å². The fourth-order valence-electron chi connectivity index (χ4n) is 6.69. The molecule has 26 heavy (non-hydrogen) atoms. The summed E-state index contributed by atoms with van der Waals surface area (Å²) in [6, 6.07) is 0. The van der Waals surface area contributed by atoms with E-state index in [1.165, 1.54) is 38.5 Å². The second-order valence-corrected chi connectivity index (χ2v) is 43.7. The van der Waals surface area contributed by atoms with Crippen molar-refractivity contribution in [3.8, 4) is 0 Å². The van der Waals surface area contributed by atoms with Crippen LogP contribution in [-0.2, 0) is 37.8 Å². The Morgan fingerprint density at radius 2 is 1.19 bits per heavy atom. The third kappa shape index (κ3) is 4.41. The maximum absolute atomic E-state index is 11.3. The van der Waals surface area contributed by atoms with Crippen molar-refractivity contribution in [2.45, 2.75) is 57.5 Å². The molecule has 0 aromatic heterocycles. The minimum atomic E-state index is -0.278. The second-order valence-electron chi connectivity index (χ2n) is 8.37. The molecule has 3 nitrogen and oxygen atoms in total. The Kier molecular flexibility index (Phi) is 8.69. The monoisotopic (exact) mass is 771 g/mol. The molecule has 1 heterocycles. The van der Waals surface area contributed by atoms with Crippen LogP contribution < -0.4 is 0 Å². The maximum atomic E-state index is 11.3. The molecule has 8 heteroatoms. The van der Waals surface area contributed by atoms with E-state index in [0.29, 0.717) is 35.6 Å². The molecular weight excluding hydrogens is 747 g/mol. The summed E-state index contributed by atoms with van der Waals surface area (Å²) in [6.07, 6.45) is 10.3. The van der Waals surface area contributed by atoms with Gasteiger partial charge in [0.2, 0.25) is 0 Å². The van der Waals surface area contributed by atoms with E-state index in [1.54, 1.807) is 0 Å². The van der Waals surface area contributed by atoms with Crippen molar-refractivity contribution in [3.05, 3.63) is 0 Å². The van der Waals surface area contributed by atoms with Crippen molar-refractivity contribution < 1.29 is 37.8 Å². The van der Waals surface area contributed by atoms with Gasteiger partial charge in [0.05, 0.1) is 5.92 Å². The Balaban J connectivity index is 0.000000123. The van der Waals surface area contributed by atoms with Crippen LogP contribution in [0, 0.1) is 41.4 Å². The molecule has 0 amide bonds. The molecule has 6 fully saturated rings. The van der Waals surface area contributed by atoms with Crippen LogP contribution in [0.4, 0.5) is 0 Å². The predicted molar refractivity (Wildman–Crippen MR) is 118 cm³/mol. The van der Waals surface area contributed by atoms with Gasteiger partial charge in [-0.3, -0.25) is 9.59 Å². The topological polar surface area (TPSA) is 43.4 Å². The number of ether oxygens (including phenoxy) is 1. The molecule has 1 aliphatic heterocycles. The van der Waals surface area contributed by atoms with E-state index >= 15 is 0 Å². The Morgan fingerprint density at radius 3 is 1.77 bits per heavy atom. The van der Waals surface area contributed by atoms with Gasteiger partial charge in [0.1, 0.15) is 11.9 Å². The van der Waals surface area contributed by atoms with Gasteiger partial charge in [-0.1, -0.05) is 0 Å². The number of hydrogen-bond acceptors (Lipinski definition) is 3. The van der Waals surface area contributed by atoms with E-state index in [1.807, 2.05) is 0 Å². The van der Waals surface area contributed by atoms with Gasteiger partial charge < -0.3 is 4.74 Å². The smallest absolute Gasteiger partial charge is 0 e. The standard InChI is InChI=1S/C9H12O2.C9H12O.3HI.2V/c10-9-6-3-1-5-2-4-7(11-9)8(5)6;10-9-6-3-1-5-2-4-7(9)8(5)6;;;;;/h5-8H,1-4H2;5-8H,1-4H2;3*1H;;/q;;;;;;+3/p-3. The number of halogens is 3. The SMILES string of the molecule is O=C1C2CCC3CCC1C32.O=C1OC2CCC3CCC1C32.[I][V]([I])[I].[V]. The van der Waals surface area contributed by atoms with Crippen LogP contribution in [0.2, 0.25) is 0 Å². The van der Waals surface area contributed by atoms with Gasteiger partial charge in [0, 0.05) is 36.3 Å². The minimum Gasteiger partial charge on any atom is 0 e. The minimum absolute atomic E-state index is 0. The van der Waals surface area contributed by atoms with E-state index in [0.717, 1.165) is 30.6 Å². The van der Waals surface area contributed by atoms with Gasteiger partial charge in [-0.05, 0) is 69.1 Å². The number of carbonyl (C=O) groups is 2. The van der Waals surface area contributed by atoms with E-state index in [4.69, 9.17) is 4.74 Å². The Hall–Kier alpha value is 2.50. The molecule has 6 aliphatic rings. The molecule has 1 radical (unpaired) electrons. The summed E-state index contributed by atoms with van der Waals surface area (Å²) in [5.74, 6) is 5.38. The van der Waals surface area contributed by atoms with Crippen molar-refractivity contribution in [3.63, 3.8) is 0 Å². The summed E-state index contributed by atoms with van der Waals surface area (Å²) in [6.45, 7) is 0. The third-order valence-corrected chi connectivity index (χ3v) is 7.58. The fraction of sp³-hybridized carbons (Fsp3) is 0.889. The van der Waals surface area contributed by atoms with Crippen molar-refractivity contribution in [2.75, 3.05) is 0 Å². The van der Waals surface area contributed by atoms with Crippen LogP contribution in [0.15, 0.2) is 0 Å². The van der Waals surface area contributed by atoms with Crippen molar-refractivity contribution >= 4 is 71.7 Å². The quantitative estimate of drug-likeness (QED) is 0.238. The van der Waals surface area contributed by atoms with Crippen LogP contribution in [0.1, 0.15) is 51.4 Å². The van der Waals surface area contributed by atoms with Gasteiger partial charge in [-0.25, -0.2) is 0 Å². The average Bonchev–Trinajstić information content (AvgIpc) is 3.28. The summed E-state index contributed by atoms with van der Waals surface area (Å²) in [7, 11) is 0. The molecular formula is C18H24I3O3V2. The summed E-state index contributed by atoms with van der Waals surface area (Å²) in [5.41, 5.74) is 0. The van der Waals surface area contributed by atoms with E-state index < -0.39 is 0 Å². The zero-order valence-corrected chi connectivity index (χ0v) is 23.8. The number of carbonyl (C=O) groups excluding carboxylic acids is 2. The molecule has 0 N–H and O–H groups in total. The second kappa shape index (κ2) is 9.75. The number of esters is 1. The Morgan fingerprint density at radius 1 is 0.731 bits per heavy atom. The molecule has 5 saturated carbocycles. The summed E-state index contributed by atoms with van der Waals surface area (Å²) >= 11 is 7.39. The first-order valence-corrected chi connectivity index (χ1v) is 23.0. The molecule has 6 rings (SSSR count). The molecule has 6 atom stereocenters. The maximum Gasteiger partial charge on any atom is 0 e. The largest absolute Gasteiger partial charge is 0 e. The number of rotatable bonds is 0. The predicted octanol–water partition coefficient (Wildman–Crippen LogP) is 5.62. The van der Waals surface area contributed by atoms with Gasteiger partial charge in [0.25, 0.3) is 0 Å². The van der Waals surface area contributed by atoms with Crippen molar-refractivity contribution in [1.82, 2.24) is 0 Å². The zero-order valence-electron chi connectivity index (χ0n) is 14.5. The van der Waals surface area contributed by atoms with Crippen LogP contribution in [-0.4, -0.2) is 17.9 Å². The summed E-state index contributed by atoms with van der Waals surface area (Å²) in [5, 5.41) is 0. The van der Waals surface area contributed by atoms with Gasteiger partial charge in [-0.15, -0.1) is 0 Å². The van der Waals surface area contributed by atoms with Crippen LogP contribution in [0.25, 0.3) is 0 Å². The molecule has 0 aromatic carbocycles. The molecule has 1 saturated heterocycles. The number of Topliss-reactive ketones (excluding diaryl/α,β-unsaturated/α-hetero) is 1. The van der Waals surface area contributed by atoms with Crippen LogP contribution in [0.5, 0.6) is 0 Å². The zero-order chi connectivity index (χ0) is 17.7. The van der Waals surface area contributed by atoms with Crippen molar-refractivity contribution in [2.24, 2.45) is 41.4 Å². The number of ketones is 1. The van der Waals surface area contributed by atoms with E-state index in [2.05, 4.69) is 59.9 Å². The molecule has 0 bridgehead atoms. The van der Waals surface area contributed by atoms with E-state index in [-0.39, 0.29) is 29.4 Å². The third-order valence-electron chi connectivity index (χ3n) is 7.58. The summed E-state index contributed by atoms with van der Waals surface area (Å²) < 4.78 is 5.28. The Bertz CT molecular complexity index is 541. The first-order valence-electron chi connectivity index (χ1n) is 9.49. The van der Waals surface area contributed by atoms with Crippen molar-refractivity contribution in [1.29, 1.82) is 0 Å². The normalized spacial score (nSPS) is 45.5. The summed E-state index contributed by atoms with van der Waals surface area (Å²) in [4.78, 5) is 22.2. The van der Waals surface area contributed by atoms with Crippen LogP contribution in [0.3, 0.4) is 0 Å². The molecule has 0 spiro atoms. The first kappa shape index (κ1) is 23.2. The van der Waals surface area contributed by atoms with Crippen LogP contribution >= 0.6 is 59.9 Å². The fourth-order valence-corrected chi connectivity index (χ4v) is 6.69. The molecule has 6 unspecified atom stereocenters. The average molecular weight is 771 g/mol. The van der Waals surface area contributed by atoms with E-state index in [9.17, 15) is 9.59 Å². The van der Waals surface area contributed by atoms with Gasteiger partial charge in [0.15, 0.2) is 0 Å². The number of hydrogen-bond donors (Lipinski definition) is 0. The molecule has 145 valence electrons. The van der Waals surface area contributed by atoms with Gasteiger partial charge in [-0.2, -0.15) is 0 Å². The molecule has 0 aromatic rings. The van der Waals surface area contributed by atoms with Gasteiger partial charge >= 0.3 is 70.8 Å². The molecule has 5 aliphatic carbocycles. The first-order chi connectivity index (χ1) is 12.0.